The molecule has 0 spiro atoms. The molecule has 6 amide bonds. The average Bonchev–Trinajstić information content (AvgIpc) is 0.759. The predicted octanol–water partition coefficient (Wildman–Crippen LogP) is -24.1. The predicted molar refractivity (Wildman–Crippen MR) is 458 cm³/mol. The molecule has 0 aromatic heterocycles. The number of hydrogen-bond donors (Lipinski definition) is 36. The lowest BCUT2D eigenvalue weighted by atomic mass is 9.88. The van der Waals surface area contributed by atoms with Gasteiger partial charge in [-0.25, -0.2) is 8.98 Å². The molecule has 11 fully saturated rings. The second-order valence-corrected chi connectivity index (χ2v) is 38.2. The minimum Gasteiger partial charge on any atom is -0.477 e. The third kappa shape index (κ3) is 28.3. The van der Waals surface area contributed by atoms with Crippen LogP contribution in [-0.4, -0.2) is 612 Å². The zero-order valence-electron chi connectivity index (χ0n) is 80.0. The van der Waals surface area contributed by atoms with Gasteiger partial charge < -0.3 is 279 Å². The molecular weight excluding hydrogens is 2060 g/mol. The van der Waals surface area contributed by atoms with Crippen LogP contribution < -0.4 is 31.9 Å². The van der Waals surface area contributed by atoms with Crippen LogP contribution in [0.4, 0.5) is 0 Å². The highest BCUT2D eigenvalue weighted by atomic mass is 32.3. The van der Waals surface area contributed by atoms with Gasteiger partial charge in [0.15, 0.2) is 62.9 Å². The molecule has 67 nitrogen and oxygen atoms in total. The largest absolute Gasteiger partial charge is 0.477 e. The first-order valence-corrected chi connectivity index (χ1v) is 48.1. The van der Waals surface area contributed by atoms with E-state index in [4.69, 9.17) is 99.5 Å². The number of carbonyl (C=O) groups is 7. The number of rotatable bonds is 41. The maximum Gasteiger partial charge on any atom is 0.397 e. The Morgan fingerprint density at radius 1 is 0.322 bits per heavy atom. The number of amides is 6. The number of nitrogens with one attached hydrogen (secondary N) is 6. The quantitative estimate of drug-likeness (QED) is 0.0253. The summed E-state index contributed by atoms with van der Waals surface area (Å²) in [6, 6.07) is -12.0. The van der Waals surface area contributed by atoms with Crippen molar-refractivity contribution in [3.8, 4) is 0 Å². The number of aliphatic hydroxyl groups is 28. The van der Waals surface area contributed by atoms with E-state index in [2.05, 4.69) is 36.1 Å². The number of ether oxygens (including phenoxy) is 21. The van der Waals surface area contributed by atoms with Crippen LogP contribution >= 0.6 is 0 Å². The fourth-order valence-corrected chi connectivity index (χ4v) is 19.5. The van der Waals surface area contributed by atoms with Crippen LogP contribution in [0, 0.1) is 0 Å². The third-order valence-corrected chi connectivity index (χ3v) is 27.0. The summed E-state index contributed by atoms with van der Waals surface area (Å²) in [7, 11) is -5.49. The Morgan fingerprint density at radius 2 is 0.644 bits per heavy atom. The Hall–Kier alpha value is -5.80. The molecule has 0 aromatic carbocycles. The molecule has 0 radical (unpaired) electrons. The van der Waals surface area contributed by atoms with E-state index in [9.17, 15) is 195 Å². The molecule has 11 rings (SSSR count). The van der Waals surface area contributed by atoms with Crippen LogP contribution in [0.25, 0.3) is 0 Å². The van der Waals surface area contributed by atoms with E-state index in [1.807, 2.05) is 0 Å². The molecule has 36 N–H and O–H groups in total. The van der Waals surface area contributed by atoms with Crippen molar-refractivity contribution in [2.45, 2.75) is 398 Å². The highest BCUT2D eigenvalue weighted by Gasteiger charge is 2.65. The summed E-state index contributed by atoms with van der Waals surface area (Å²) >= 11 is 0. The molecule has 11 saturated heterocycles. The van der Waals surface area contributed by atoms with Crippen LogP contribution in [-0.2, 0) is 148 Å². The Kier molecular flexibility index (Phi) is 43.9. The Balaban J connectivity index is 0.924. The van der Waals surface area contributed by atoms with Gasteiger partial charge in [-0.1, -0.05) is 0 Å². The van der Waals surface area contributed by atoms with Crippen molar-refractivity contribution < 1.29 is 298 Å². The number of carbonyl (C=O) groups excluding carboxylic acids is 6. The standard InChI is InChI=1S/C81H134N6O61S/c1-19-43(104)54(115)57(118)75(129-19)127-18-36-63(49(110)38(70(121)130-36)83-21(3)97)140-71-39(84-22(4)98)51(112)61(32(14-93)134-71)141-76-58(119)66(143-79-69(56(117)46(107)29(11-90)133-79)145-74-40(85-23(5)99)50(111)60(31(13-92)135-74)139-72-42(87-25(7)101)53(114)64(34(16-95)137-72)148-149(124,125)126)48(109)35(138-76)17-128-78-68(55(116)45(106)28(10-89)132-78)144-73-41(86-24(6)100)52(113)62(33(15-94)136-73)142-77-59(120)67(47(108)30(12-91)131-77)147-81(80(122)123)8-26(102)37(82-20(2)96)65(146-81)44(105)27(103)9-88/h19,26-79,88-95,102-121H,8-18H2,1-7H3,(H,82,96)(H,83,97)(H,84,98)(H,85,99)(H,86,100)(H,87,101)(H,122,123)(H,124,125,126)/t19-,26-,27+,28+,29+,30+,31+,32+,33+,34+,35+,36+,37+,38+,39+,40-,41+,42+,43+,44+,45+,46+,47-,48+,49+,50+,51+,52+,53+,54+,55-,56-,57-,58-,59+,60+,61+,62+,63+,64-,65+,66-,67-,68-,69-,70+,71-,72-,73-,74-,75+,76-,77-,78-,79+,81-/m0/s1. The monoisotopic (exact) mass is 2200 g/mol. The van der Waals surface area contributed by atoms with Crippen molar-refractivity contribution in [1.29, 1.82) is 0 Å². The van der Waals surface area contributed by atoms with Gasteiger partial charge in [0.25, 0.3) is 5.79 Å². The first-order chi connectivity index (χ1) is 70.0. The summed E-state index contributed by atoms with van der Waals surface area (Å²) in [4.78, 5) is 90.8. The summed E-state index contributed by atoms with van der Waals surface area (Å²) in [6.07, 6.45) is -111. The summed E-state index contributed by atoms with van der Waals surface area (Å²) in [6.45, 7) is -5.89. The van der Waals surface area contributed by atoms with E-state index in [0.717, 1.165) is 41.5 Å². The van der Waals surface area contributed by atoms with Crippen molar-refractivity contribution >= 4 is 51.8 Å². The number of hydrogen-bond acceptors (Lipinski definition) is 59. The highest BCUT2D eigenvalue weighted by Crippen LogP contribution is 2.44. The minimum atomic E-state index is -5.49. The Bertz CT molecular complexity index is 4440. The first kappa shape index (κ1) is 123. The molecule has 149 heavy (non-hydrogen) atoms. The molecular formula is C81H134N6O61S. The first-order valence-electron chi connectivity index (χ1n) is 46.8. The van der Waals surface area contributed by atoms with Gasteiger partial charge >= 0.3 is 16.4 Å². The molecule has 56 atom stereocenters. The maximum atomic E-state index is 13.4. The van der Waals surface area contributed by atoms with E-state index < -0.39 is 467 Å². The van der Waals surface area contributed by atoms with Crippen molar-refractivity contribution in [2.75, 3.05) is 66.1 Å². The lowest BCUT2D eigenvalue weighted by molar-refractivity contribution is -0.399. The van der Waals surface area contributed by atoms with E-state index in [-0.39, 0.29) is 0 Å². The fourth-order valence-electron chi connectivity index (χ4n) is 19.0. The van der Waals surface area contributed by atoms with Gasteiger partial charge in [-0.05, 0) is 6.92 Å². The van der Waals surface area contributed by atoms with Crippen LogP contribution in [0.3, 0.4) is 0 Å². The lowest BCUT2D eigenvalue weighted by Gasteiger charge is -2.51. The molecule has 0 saturated carbocycles. The summed E-state index contributed by atoms with van der Waals surface area (Å²) in [5.74, 6) is -11.5. The number of carboxylic acid groups (broad SMARTS) is 1. The topological polar surface area (TPSA) is 1040 Å². The molecule has 0 bridgehead atoms. The van der Waals surface area contributed by atoms with Crippen molar-refractivity contribution in [3.05, 3.63) is 0 Å². The second kappa shape index (κ2) is 53.0. The maximum absolute atomic E-state index is 13.4. The van der Waals surface area contributed by atoms with Gasteiger partial charge in [0, 0.05) is 48.0 Å². The lowest BCUT2D eigenvalue weighted by Crippen LogP contribution is -2.71. The van der Waals surface area contributed by atoms with E-state index in [0.29, 0.717) is 0 Å². The van der Waals surface area contributed by atoms with E-state index in [1.54, 1.807) is 0 Å². The van der Waals surface area contributed by atoms with Gasteiger partial charge in [0.1, 0.15) is 256 Å². The molecule has 68 heteroatoms. The fraction of sp³-hybridized carbons (Fsp3) is 0.914. The SMILES string of the molecule is CC(=O)N[C@@H]1[C@H](O[C@@H]2[C@@H](O[C@@H]3[C@H](O)[C@H](O[C@H]4[C@H](O)[C@@H](NC(C)=O)[C@H](O[C@H]5[C@H](O)[C@@H](NC(C)=O)[C@H](O)O[C@@H]5CO[C@@H]5O[C@@H](C)[C@@H](O)[C@@H](O)[C@@H]5O)O[C@@H]4CO)O[C@H](CO[C@H]4O[C@H](CO)[C@@H](O)[C@H](O)[C@@H]4O[C@@H]4O[C@H](CO)[C@@H](O[C@@H]5O[C@H](CO)[C@H](O)[C@H](O[C@]6(C(=O)O)C[C@H](O)[C@@H](NC(C)=O)[C@H]([C@H](O)[C@H](O)CO)O6)[C@H]5O)[C@H](O)[C@H]4NC(C)=O)[C@H]3O)O[C@H](CO)[C@@H](O)[C@@H]2O)O[C@H](CO)[C@@H](O[C@@H]2O[C@H](CO)[C@H](OS(=O)(=O)O)[C@H](O)[C@H]2NC(C)=O)[C@@H]1O. The number of aliphatic carboxylic acids is 1. The second-order valence-electron chi connectivity index (χ2n) is 37.2. The summed E-state index contributed by atoms with van der Waals surface area (Å²) < 4.78 is 164. The van der Waals surface area contributed by atoms with Gasteiger partial charge in [-0.15, -0.1) is 0 Å². The zero-order valence-corrected chi connectivity index (χ0v) is 80.8. The minimum absolute atomic E-state index is 0.844. The Morgan fingerprint density at radius 3 is 1.06 bits per heavy atom. The normalized spacial score (nSPS) is 46.4. The molecule has 0 aliphatic carbocycles. The summed E-state index contributed by atoms with van der Waals surface area (Å²) in [5.41, 5.74) is 0. The van der Waals surface area contributed by atoms with Gasteiger partial charge in [-0.2, -0.15) is 8.42 Å². The van der Waals surface area contributed by atoms with Crippen LogP contribution in [0.1, 0.15) is 54.9 Å². The van der Waals surface area contributed by atoms with Crippen molar-refractivity contribution in [3.63, 3.8) is 0 Å². The number of aliphatic hydroxyl groups excluding tert-OH is 28. The Labute approximate surface area is 843 Å². The molecule has 11 aliphatic heterocycles. The zero-order chi connectivity index (χ0) is 110. The van der Waals surface area contributed by atoms with Crippen molar-refractivity contribution in [2.24, 2.45) is 0 Å². The summed E-state index contributed by atoms with van der Waals surface area (Å²) in [5, 5.41) is 344. The highest BCUT2D eigenvalue weighted by molar-refractivity contribution is 7.80. The molecule has 0 unspecified atom stereocenters. The molecule has 11 aliphatic rings. The molecule has 11 heterocycles. The van der Waals surface area contributed by atoms with Gasteiger partial charge in [-0.3, -0.25) is 33.3 Å². The molecule has 0 aromatic rings. The van der Waals surface area contributed by atoms with E-state index in [1.165, 1.54) is 6.92 Å². The van der Waals surface area contributed by atoms with Crippen molar-refractivity contribution in [1.82, 2.24) is 31.9 Å². The van der Waals surface area contributed by atoms with Crippen LogP contribution in [0.5, 0.6) is 0 Å². The van der Waals surface area contributed by atoms with Gasteiger partial charge in [0.2, 0.25) is 35.4 Å². The van der Waals surface area contributed by atoms with Crippen LogP contribution in [0.2, 0.25) is 0 Å². The molecule has 860 valence electrons. The van der Waals surface area contributed by atoms with E-state index >= 15 is 0 Å². The average molecular weight is 2200 g/mol. The van der Waals surface area contributed by atoms with Crippen LogP contribution in [0.15, 0.2) is 0 Å². The smallest absolute Gasteiger partial charge is 0.397 e. The van der Waals surface area contributed by atoms with Gasteiger partial charge in [0.05, 0.1) is 84.3 Å². The number of carboxylic acids is 1. The third-order valence-electron chi connectivity index (χ3n) is 26.5.